The molecule has 0 radical (unpaired) electrons. The summed E-state index contributed by atoms with van der Waals surface area (Å²) >= 11 is 0. The lowest BCUT2D eigenvalue weighted by Gasteiger charge is -2.01. The molecule has 2 aromatic carbocycles. The molecule has 174 valence electrons. The number of carboxylic acid groups (broad SMARTS) is 4. The van der Waals surface area contributed by atoms with Gasteiger partial charge in [-0.05, 0) is 49.2 Å². The number of rotatable bonds is 9. The lowest BCUT2D eigenvalue weighted by molar-refractivity contribution is 0.0651. The van der Waals surface area contributed by atoms with Crippen LogP contribution in [0.5, 0.6) is 0 Å². The van der Waals surface area contributed by atoms with Gasteiger partial charge in [0.15, 0.2) is 0 Å². The van der Waals surface area contributed by atoms with Gasteiger partial charge in [0, 0.05) is 24.0 Å². The number of benzene rings is 2. The van der Waals surface area contributed by atoms with Crippen LogP contribution in [0.4, 0.5) is 0 Å². The summed E-state index contributed by atoms with van der Waals surface area (Å²) in [5.74, 6) is 6.38. The molecule has 2 aromatic rings. The Kier molecular flexibility index (Phi) is 9.43. The molecule has 8 heteroatoms. The van der Waals surface area contributed by atoms with Crippen molar-refractivity contribution in [3.8, 4) is 23.7 Å². The molecule has 34 heavy (non-hydrogen) atoms. The molecule has 0 saturated carbocycles. The van der Waals surface area contributed by atoms with Crippen LogP contribution in [0.15, 0.2) is 36.4 Å². The highest BCUT2D eigenvalue weighted by Crippen LogP contribution is 2.14. The summed E-state index contributed by atoms with van der Waals surface area (Å²) in [7, 11) is 0. The normalized spacial score (nSPS) is 9.76. The molecule has 4 N–H and O–H groups in total. The topological polar surface area (TPSA) is 149 Å². The summed E-state index contributed by atoms with van der Waals surface area (Å²) in [5.41, 5.74) is -0.253. The lowest BCUT2D eigenvalue weighted by Crippen LogP contribution is -2.08. The van der Waals surface area contributed by atoms with E-state index in [1.165, 1.54) is 36.4 Å². The molecule has 0 heterocycles. The van der Waals surface area contributed by atoms with Gasteiger partial charge in [-0.15, -0.1) is 0 Å². The molecule has 0 aliphatic heterocycles. The van der Waals surface area contributed by atoms with E-state index in [1.807, 2.05) is 0 Å². The Morgan fingerprint density at radius 3 is 1.21 bits per heavy atom. The van der Waals surface area contributed by atoms with Crippen molar-refractivity contribution in [3.63, 3.8) is 0 Å². The summed E-state index contributed by atoms with van der Waals surface area (Å²) in [6.07, 6.45) is 4.76. The molecular weight excluding hydrogens is 440 g/mol. The highest BCUT2D eigenvalue weighted by molar-refractivity contribution is 6.02. The van der Waals surface area contributed by atoms with Gasteiger partial charge >= 0.3 is 23.9 Å². The van der Waals surface area contributed by atoms with Crippen LogP contribution >= 0.6 is 0 Å². The van der Waals surface area contributed by atoms with Crippen LogP contribution in [0.1, 0.15) is 91.1 Å². The van der Waals surface area contributed by atoms with Crippen LogP contribution in [-0.2, 0) is 0 Å². The van der Waals surface area contributed by atoms with E-state index in [2.05, 4.69) is 23.7 Å². The zero-order valence-electron chi connectivity index (χ0n) is 18.1. The van der Waals surface area contributed by atoms with Crippen LogP contribution in [0.25, 0.3) is 0 Å². The Morgan fingerprint density at radius 2 is 0.882 bits per heavy atom. The first-order chi connectivity index (χ1) is 16.2. The van der Waals surface area contributed by atoms with E-state index in [0.717, 1.165) is 25.7 Å². The molecule has 0 unspecified atom stereocenters. The van der Waals surface area contributed by atoms with Crippen molar-refractivity contribution in [2.24, 2.45) is 0 Å². The number of carboxylic acids is 4. The molecular formula is C26H22O8. The fourth-order valence-corrected chi connectivity index (χ4v) is 3.08. The van der Waals surface area contributed by atoms with Gasteiger partial charge in [-0.25, -0.2) is 19.2 Å². The van der Waals surface area contributed by atoms with Crippen molar-refractivity contribution < 1.29 is 39.6 Å². The van der Waals surface area contributed by atoms with E-state index in [9.17, 15) is 19.2 Å². The molecule has 0 amide bonds. The van der Waals surface area contributed by atoms with Crippen molar-refractivity contribution >= 4 is 23.9 Å². The molecule has 0 aromatic heterocycles. The molecule has 0 fully saturated rings. The molecule has 8 nitrogen and oxygen atoms in total. The third-order valence-electron chi connectivity index (χ3n) is 4.78. The monoisotopic (exact) mass is 462 g/mol. The second-order valence-electron chi connectivity index (χ2n) is 7.26. The third kappa shape index (κ3) is 7.54. The van der Waals surface area contributed by atoms with Crippen molar-refractivity contribution in [2.75, 3.05) is 0 Å². The minimum absolute atomic E-state index is 0.277. The fraction of sp³-hybridized carbons (Fsp3) is 0.231. The third-order valence-corrected chi connectivity index (χ3v) is 4.78. The van der Waals surface area contributed by atoms with Gasteiger partial charge in [0.25, 0.3) is 0 Å². The average Bonchev–Trinajstić information content (AvgIpc) is 2.79. The van der Waals surface area contributed by atoms with Crippen LogP contribution in [0.3, 0.4) is 0 Å². The molecule has 0 bridgehead atoms. The van der Waals surface area contributed by atoms with Crippen molar-refractivity contribution in [3.05, 3.63) is 69.8 Å². The van der Waals surface area contributed by atoms with E-state index in [0.29, 0.717) is 24.0 Å². The highest BCUT2D eigenvalue weighted by atomic mass is 16.4. The minimum atomic E-state index is -1.32. The zero-order valence-corrected chi connectivity index (χ0v) is 18.1. The highest BCUT2D eigenvalue weighted by Gasteiger charge is 2.16. The molecule has 0 aliphatic rings. The van der Waals surface area contributed by atoms with Gasteiger partial charge in [-0.2, -0.15) is 0 Å². The number of hydrogen-bond donors (Lipinski definition) is 4. The minimum Gasteiger partial charge on any atom is -0.478 e. The number of carbonyl (C=O) groups is 4. The van der Waals surface area contributed by atoms with E-state index in [-0.39, 0.29) is 22.3 Å². The molecule has 0 spiro atoms. The van der Waals surface area contributed by atoms with Crippen LogP contribution in [-0.4, -0.2) is 44.3 Å². The van der Waals surface area contributed by atoms with Crippen molar-refractivity contribution in [2.45, 2.75) is 38.5 Å². The SMILES string of the molecule is O=C(O)c1ccc(C#CCCCCCCC#Cc2ccc(C(=O)O)c(C(=O)O)c2)cc1C(=O)O. The van der Waals surface area contributed by atoms with Gasteiger partial charge in [-0.1, -0.05) is 36.5 Å². The smallest absolute Gasteiger partial charge is 0.336 e. The van der Waals surface area contributed by atoms with Crippen LogP contribution < -0.4 is 0 Å². The lowest BCUT2D eigenvalue weighted by atomic mass is 10.0. The fourth-order valence-electron chi connectivity index (χ4n) is 3.08. The van der Waals surface area contributed by atoms with E-state index in [4.69, 9.17) is 20.4 Å². The van der Waals surface area contributed by atoms with Crippen LogP contribution in [0.2, 0.25) is 0 Å². The maximum Gasteiger partial charge on any atom is 0.336 e. The Labute approximate surface area is 195 Å². The van der Waals surface area contributed by atoms with Gasteiger partial charge in [-0.3, -0.25) is 0 Å². The number of unbranched alkanes of at least 4 members (excludes halogenated alkanes) is 5. The standard InChI is InChI=1S/C26H22O8/c27-23(28)19-13-11-17(15-21(19)25(31)32)9-7-5-3-1-2-4-6-8-10-18-12-14-20(24(29)30)22(16-18)26(33)34/h11-16H,1-6H2,(H,27,28)(H,29,30)(H,31,32)(H,33,34). The quantitative estimate of drug-likeness (QED) is 0.320. The van der Waals surface area contributed by atoms with Gasteiger partial charge in [0.05, 0.1) is 22.3 Å². The summed E-state index contributed by atoms with van der Waals surface area (Å²) in [6, 6.07) is 7.95. The average molecular weight is 462 g/mol. The van der Waals surface area contributed by atoms with Crippen LogP contribution in [0, 0.1) is 23.7 Å². The van der Waals surface area contributed by atoms with Crippen molar-refractivity contribution in [1.82, 2.24) is 0 Å². The second kappa shape index (κ2) is 12.5. The predicted molar refractivity (Wildman–Crippen MR) is 122 cm³/mol. The summed E-state index contributed by atoms with van der Waals surface area (Å²) in [6.45, 7) is 0. The second-order valence-corrected chi connectivity index (χ2v) is 7.26. The first-order valence-corrected chi connectivity index (χ1v) is 10.4. The van der Waals surface area contributed by atoms with Crippen molar-refractivity contribution in [1.29, 1.82) is 0 Å². The summed E-state index contributed by atoms with van der Waals surface area (Å²) in [4.78, 5) is 44.5. The maximum absolute atomic E-state index is 11.2. The molecule has 2 rings (SSSR count). The number of aromatic carboxylic acids is 4. The van der Waals surface area contributed by atoms with Gasteiger partial charge in [0.2, 0.25) is 0 Å². The summed E-state index contributed by atoms with van der Waals surface area (Å²) < 4.78 is 0. The van der Waals surface area contributed by atoms with Gasteiger partial charge < -0.3 is 20.4 Å². The molecule has 0 saturated heterocycles. The molecule has 0 aliphatic carbocycles. The zero-order chi connectivity index (χ0) is 25.1. The first-order valence-electron chi connectivity index (χ1n) is 10.4. The first kappa shape index (κ1) is 25.7. The Bertz CT molecular complexity index is 1140. The van der Waals surface area contributed by atoms with E-state index >= 15 is 0 Å². The summed E-state index contributed by atoms with van der Waals surface area (Å²) in [5, 5.41) is 36.3. The number of hydrogen-bond acceptors (Lipinski definition) is 4. The Morgan fingerprint density at radius 1 is 0.529 bits per heavy atom. The van der Waals surface area contributed by atoms with E-state index < -0.39 is 23.9 Å². The Balaban J connectivity index is 1.76. The Hall–Kier alpha value is -4.56. The predicted octanol–water partition coefficient (Wildman–Crippen LogP) is 4.22. The maximum atomic E-state index is 11.2. The largest absolute Gasteiger partial charge is 0.478 e. The van der Waals surface area contributed by atoms with E-state index in [1.54, 1.807) is 0 Å². The molecule has 0 atom stereocenters. The van der Waals surface area contributed by atoms with Gasteiger partial charge in [0.1, 0.15) is 0 Å².